The number of carbonyl (C=O) groups excluding carboxylic acids is 2. The number of anilines is 1. The molecule has 2 amide bonds. The molecule has 1 aromatic heterocycles. The van der Waals surface area contributed by atoms with Crippen LogP contribution in [0.2, 0.25) is 0 Å². The molecule has 0 radical (unpaired) electrons. The third kappa shape index (κ3) is 3.07. The SMILES string of the molecule is Cc1nc(C2CCC(=O)NC2=O)c(F)cc1N1CCC2(CC1)OCCO2. The quantitative estimate of drug-likeness (QED) is 0.800. The summed E-state index contributed by atoms with van der Waals surface area (Å²) in [5.41, 5.74) is 1.52. The molecule has 0 aliphatic carbocycles. The molecular weight excluding hydrogens is 341 g/mol. The molecule has 1 unspecified atom stereocenters. The predicted molar refractivity (Wildman–Crippen MR) is 90.1 cm³/mol. The molecule has 1 N–H and O–H groups in total. The summed E-state index contributed by atoms with van der Waals surface area (Å²) in [5, 5.41) is 2.26. The molecule has 1 atom stereocenters. The topological polar surface area (TPSA) is 80.8 Å². The maximum absolute atomic E-state index is 14.7. The van der Waals surface area contributed by atoms with E-state index in [0.717, 1.165) is 18.5 Å². The number of imide groups is 1. The molecule has 26 heavy (non-hydrogen) atoms. The second kappa shape index (κ2) is 6.59. The van der Waals surface area contributed by atoms with Crippen LogP contribution in [0.4, 0.5) is 10.1 Å². The maximum Gasteiger partial charge on any atom is 0.235 e. The van der Waals surface area contributed by atoms with E-state index in [4.69, 9.17) is 9.47 Å². The van der Waals surface area contributed by atoms with Crippen LogP contribution in [0.15, 0.2) is 6.07 Å². The van der Waals surface area contributed by atoms with Crippen molar-refractivity contribution in [3.8, 4) is 0 Å². The Balaban J connectivity index is 1.53. The van der Waals surface area contributed by atoms with Crippen molar-refractivity contribution in [2.75, 3.05) is 31.2 Å². The molecule has 0 bridgehead atoms. The zero-order valence-corrected chi connectivity index (χ0v) is 14.7. The molecule has 3 saturated heterocycles. The van der Waals surface area contributed by atoms with Gasteiger partial charge in [0.05, 0.1) is 36.2 Å². The second-order valence-corrected chi connectivity index (χ2v) is 7.06. The van der Waals surface area contributed by atoms with Gasteiger partial charge in [0.15, 0.2) is 5.79 Å². The zero-order chi connectivity index (χ0) is 18.3. The van der Waals surface area contributed by atoms with Crippen LogP contribution in [0.1, 0.15) is 43.0 Å². The molecule has 4 rings (SSSR count). The Morgan fingerprint density at radius 3 is 2.62 bits per heavy atom. The first-order chi connectivity index (χ1) is 12.5. The summed E-state index contributed by atoms with van der Waals surface area (Å²) in [6, 6.07) is 1.45. The van der Waals surface area contributed by atoms with Gasteiger partial charge in [0.25, 0.3) is 0 Å². The van der Waals surface area contributed by atoms with E-state index in [-0.39, 0.29) is 24.4 Å². The molecule has 0 aromatic carbocycles. The van der Waals surface area contributed by atoms with E-state index >= 15 is 0 Å². The Kier molecular flexibility index (Phi) is 4.40. The Labute approximate surface area is 150 Å². The van der Waals surface area contributed by atoms with E-state index in [1.807, 2.05) is 6.92 Å². The Morgan fingerprint density at radius 1 is 1.27 bits per heavy atom. The van der Waals surface area contributed by atoms with E-state index in [1.165, 1.54) is 6.07 Å². The predicted octanol–water partition coefficient (Wildman–Crippen LogP) is 1.39. The number of hydrogen-bond acceptors (Lipinski definition) is 6. The number of nitrogens with zero attached hydrogens (tertiary/aromatic N) is 2. The number of rotatable bonds is 2. The lowest BCUT2D eigenvalue weighted by molar-refractivity contribution is -0.169. The average Bonchev–Trinajstić information content (AvgIpc) is 3.06. The normalized spacial score (nSPS) is 25.6. The number of pyridine rings is 1. The number of aromatic nitrogens is 1. The van der Waals surface area contributed by atoms with Crippen LogP contribution in [0.5, 0.6) is 0 Å². The van der Waals surface area contributed by atoms with E-state index in [2.05, 4.69) is 15.2 Å². The summed E-state index contributed by atoms with van der Waals surface area (Å²) in [5.74, 6) is -2.50. The van der Waals surface area contributed by atoms with Crippen LogP contribution < -0.4 is 10.2 Å². The Hall–Kier alpha value is -2.06. The van der Waals surface area contributed by atoms with Gasteiger partial charge in [-0.05, 0) is 13.3 Å². The first-order valence-electron chi connectivity index (χ1n) is 9.01. The molecular formula is C18H22FN3O4. The maximum atomic E-state index is 14.7. The fraction of sp³-hybridized carbons (Fsp3) is 0.611. The highest BCUT2D eigenvalue weighted by Crippen LogP contribution is 2.35. The number of aryl methyl sites for hydroxylation is 1. The van der Waals surface area contributed by atoms with Crippen molar-refractivity contribution in [3.05, 3.63) is 23.3 Å². The third-order valence-electron chi connectivity index (χ3n) is 5.42. The Bertz CT molecular complexity index is 738. The number of carbonyl (C=O) groups is 2. The van der Waals surface area contributed by atoms with Crippen molar-refractivity contribution >= 4 is 17.5 Å². The second-order valence-electron chi connectivity index (χ2n) is 7.06. The number of hydrogen-bond donors (Lipinski definition) is 1. The number of piperidine rings is 2. The Morgan fingerprint density at radius 2 is 1.96 bits per heavy atom. The van der Waals surface area contributed by atoms with Gasteiger partial charge in [-0.1, -0.05) is 0 Å². The van der Waals surface area contributed by atoms with Gasteiger partial charge in [-0.3, -0.25) is 19.9 Å². The monoisotopic (exact) mass is 363 g/mol. The number of nitrogens with one attached hydrogen (secondary N) is 1. The minimum atomic E-state index is -0.717. The molecule has 1 aromatic rings. The van der Waals surface area contributed by atoms with Gasteiger partial charge in [-0.25, -0.2) is 4.39 Å². The van der Waals surface area contributed by atoms with E-state index in [1.54, 1.807) is 0 Å². The third-order valence-corrected chi connectivity index (χ3v) is 5.42. The fourth-order valence-electron chi connectivity index (χ4n) is 3.98. The smallest absolute Gasteiger partial charge is 0.235 e. The standard InChI is InChI=1S/C18H22FN3O4/c1-11-14(22-6-4-18(5-7-22)25-8-9-26-18)10-13(19)16(20-11)12-2-3-15(23)21-17(12)24/h10,12H,2-9H2,1H3,(H,21,23,24). The van der Waals surface area contributed by atoms with Gasteiger partial charge in [0.1, 0.15) is 5.82 Å². The van der Waals surface area contributed by atoms with Gasteiger partial charge in [0, 0.05) is 38.4 Å². The van der Waals surface area contributed by atoms with Crippen LogP contribution in [-0.2, 0) is 19.1 Å². The van der Waals surface area contributed by atoms with Gasteiger partial charge in [-0.15, -0.1) is 0 Å². The summed E-state index contributed by atoms with van der Waals surface area (Å²) in [7, 11) is 0. The lowest BCUT2D eigenvalue weighted by Crippen LogP contribution is -2.45. The van der Waals surface area contributed by atoms with E-state index < -0.39 is 23.4 Å². The number of halogens is 1. The minimum Gasteiger partial charge on any atom is -0.370 e. The molecule has 3 fully saturated rings. The van der Waals surface area contributed by atoms with Crippen molar-refractivity contribution in [2.24, 2.45) is 0 Å². The van der Waals surface area contributed by atoms with Crippen molar-refractivity contribution in [1.29, 1.82) is 0 Å². The molecule has 7 nitrogen and oxygen atoms in total. The van der Waals surface area contributed by atoms with Gasteiger partial charge in [0.2, 0.25) is 11.8 Å². The van der Waals surface area contributed by atoms with Gasteiger partial charge >= 0.3 is 0 Å². The van der Waals surface area contributed by atoms with E-state index in [0.29, 0.717) is 32.0 Å². The molecule has 1 spiro atoms. The largest absolute Gasteiger partial charge is 0.370 e. The molecule has 0 saturated carbocycles. The van der Waals surface area contributed by atoms with E-state index in [9.17, 15) is 14.0 Å². The van der Waals surface area contributed by atoms with Crippen molar-refractivity contribution in [1.82, 2.24) is 10.3 Å². The number of amides is 2. The van der Waals surface area contributed by atoms with Crippen LogP contribution >= 0.6 is 0 Å². The summed E-state index contributed by atoms with van der Waals surface area (Å²) in [6.45, 7) is 4.45. The molecule has 3 aliphatic heterocycles. The van der Waals surface area contributed by atoms with Gasteiger partial charge in [-0.2, -0.15) is 0 Å². The highest BCUT2D eigenvalue weighted by atomic mass is 19.1. The summed E-state index contributed by atoms with van der Waals surface area (Å²) in [6.07, 6.45) is 1.94. The van der Waals surface area contributed by atoms with Gasteiger partial charge < -0.3 is 14.4 Å². The van der Waals surface area contributed by atoms with Crippen molar-refractivity contribution < 1.29 is 23.5 Å². The molecule has 8 heteroatoms. The summed E-state index contributed by atoms with van der Waals surface area (Å²) in [4.78, 5) is 29.8. The number of ether oxygens (including phenoxy) is 2. The van der Waals surface area contributed by atoms with Crippen molar-refractivity contribution in [2.45, 2.75) is 44.3 Å². The highest BCUT2D eigenvalue weighted by Gasteiger charge is 2.40. The summed E-state index contributed by atoms with van der Waals surface area (Å²) < 4.78 is 26.2. The van der Waals surface area contributed by atoms with Crippen LogP contribution in [0.3, 0.4) is 0 Å². The highest BCUT2D eigenvalue weighted by molar-refractivity contribution is 6.00. The van der Waals surface area contributed by atoms with Crippen molar-refractivity contribution in [3.63, 3.8) is 0 Å². The lowest BCUT2D eigenvalue weighted by Gasteiger charge is -2.39. The first kappa shape index (κ1) is 17.4. The lowest BCUT2D eigenvalue weighted by atomic mass is 9.93. The average molecular weight is 363 g/mol. The minimum absolute atomic E-state index is 0.118. The van der Waals surface area contributed by atoms with Crippen LogP contribution in [-0.4, -0.2) is 48.9 Å². The fourth-order valence-corrected chi connectivity index (χ4v) is 3.98. The molecule has 3 aliphatic rings. The van der Waals surface area contributed by atoms with Crippen LogP contribution in [0, 0.1) is 12.7 Å². The molecule has 140 valence electrons. The van der Waals surface area contributed by atoms with Crippen LogP contribution in [0.25, 0.3) is 0 Å². The molecule has 4 heterocycles. The first-order valence-corrected chi connectivity index (χ1v) is 9.01. The zero-order valence-electron chi connectivity index (χ0n) is 14.7. The summed E-state index contributed by atoms with van der Waals surface area (Å²) >= 11 is 0.